The molecule has 140 valence electrons. The van der Waals surface area contributed by atoms with Crippen LogP contribution in [0.15, 0.2) is 23.1 Å². The normalized spacial score (nSPS) is 20.5. The van der Waals surface area contributed by atoms with Crippen LogP contribution in [0.5, 0.6) is 0 Å². The summed E-state index contributed by atoms with van der Waals surface area (Å²) in [6, 6.07) is 5.11. The van der Waals surface area contributed by atoms with E-state index in [1.54, 1.807) is 17.0 Å². The minimum Gasteiger partial charge on any atom is -0.316 e. The van der Waals surface area contributed by atoms with E-state index in [0.717, 1.165) is 50.0 Å². The molecule has 2 aliphatic heterocycles. The zero-order chi connectivity index (χ0) is 17.2. The smallest absolute Gasteiger partial charge is 0.240 e. The third-order valence-corrected chi connectivity index (χ3v) is 6.25. The fourth-order valence-corrected chi connectivity index (χ4v) is 4.59. The molecule has 25 heavy (non-hydrogen) atoms. The summed E-state index contributed by atoms with van der Waals surface area (Å²) in [6.07, 6.45) is 3.91. The third kappa shape index (κ3) is 4.73. The Morgan fingerprint density at radius 1 is 1.36 bits per heavy atom. The molecular formula is C17H26ClN3O3S. The van der Waals surface area contributed by atoms with E-state index >= 15 is 0 Å². The van der Waals surface area contributed by atoms with Gasteiger partial charge in [-0.3, -0.25) is 4.79 Å². The van der Waals surface area contributed by atoms with Gasteiger partial charge in [-0.05, 0) is 62.4 Å². The monoisotopic (exact) mass is 387 g/mol. The molecule has 2 aliphatic rings. The molecule has 8 heteroatoms. The van der Waals surface area contributed by atoms with E-state index in [1.807, 2.05) is 6.07 Å². The highest BCUT2D eigenvalue weighted by Crippen LogP contribution is 2.29. The fraction of sp³-hybridized carbons (Fsp3) is 0.588. The minimum atomic E-state index is -3.56. The highest BCUT2D eigenvalue weighted by molar-refractivity contribution is 7.89. The van der Waals surface area contributed by atoms with Gasteiger partial charge in [-0.15, -0.1) is 12.4 Å². The molecule has 1 unspecified atom stereocenters. The molecule has 0 spiro atoms. The van der Waals surface area contributed by atoms with Crippen molar-refractivity contribution in [2.75, 3.05) is 31.1 Å². The number of fused-ring (bicyclic) bond motifs is 1. The van der Waals surface area contributed by atoms with Crippen molar-refractivity contribution < 1.29 is 13.2 Å². The molecule has 1 aromatic carbocycles. The Hall–Kier alpha value is -1.15. The number of carbonyl (C=O) groups excluding carboxylic acids is 1. The molecule has 2 heterocycles. The first-order chi connectivity index (χ1) is 11.5. The lowest BCUT2D eigenvalue weighted by Gasteiger charge is -2.29. The summed E-state index contributed by atoms with van der Waals surface area (Å²) in [5, 5.41) is 3.29. The van der Waals surface area contributed by atoms with Gasteiger partial charge in [0, 0.05) is 25.7 Å². The number of nitrogens with zero attached hydrogens (tertiary/aromatic N) is 1. The number of hydrogen-bond donors (Lipinski definition) is 2. The van der Waals surface area contributed by atoms with Crippen molar-refractivity contribution in [3.05, 3.63) is 23.8 Å². The minimum absolute atomic E-state index is 0. The number of aryl methyl sites for hydroxylation is 1. The molecule has 0 aliphatic carbocycles. The fourth-order valence-electron chi connectivity index (χ4n) is 3.46. The van der Waals surface area contributed by atoms with Crippen LogP contribution in [-0.2, 0) is 21.2 Å². The standard InChI is InChI=1S/C17H25N3O3S.ClH/c1-13(21)20-9-3-5-15-6-7-16(10-17(15)20)24(22,23)19-12-14-4-2-8-18-11-14;/h6-7,10,14,18-19H,2-5,8-9,11-12H2,1H3;1H. The van der Waals surface area contributed by atoms with Gasteiger partial charge in [0.15, 0.2) is 0 Å². The van der Waals surface area contributed by atoms with Crippen LogP contribution < -0.4 is 14.9 Å². The van der Waals surface area contributed by atoms with Crippen LogP contribution in [-0.4, -0.2) is 40.5 Å². The second kappa shape index (κ2) is 8.49. The average Bonchev–Trinajstić information content (AvgIpc) is 2.60. The number of carbonyl (C=O) groups is 1. The Kier molecular flexibility index (Phi) is 6.85. The van der Waals surface area contributed by atoms with Crippen LogP contribution in [0.1, 0.15) is 31.7 Å². The van der Waals surface area contributed by atoms with Crippen molar-refractivity contribution in [3.8, 4) is 0 Å². The van der Waals surface area contributed by atoms with Gasteiger partial charge >= 0.3 is 0 Å². The van der Waals surface area contributed by atoms with E-state index in [9.17, 15) is 13.2 Å². The van der Waals surface area contributed by atoms with Crippen molar-refractivity contribution in [1.82, 2.24) is 10.0 Å². The zero-order valence-corrected chi connectivity index (χ0v) is 16.1. The van der Waals surface area contributed by atoms with Crippen LogP contribution in [0.3, 0.4) is 0 Å². The number of benzene rings is 1. The quantitative estimate of drug-likeness (QED) is 0.824. The Morgan fingerprint density at radius 3 is 2.84 bits per heavy atom. The molecule has 6 nitrogen and oxygen atoms in total. The highest BCUT2D eigenvalue weighted by atomic mass is 35.5. The van der Waals surface area contributed by atoms with Gasteiger partial charge in [-0.1, -0.05) is 6.07 Å². The first-order valence-corrected chi connectivity index (χ1v) is 10.1. The van der Waals surface area contributed by atoms with Crippen molar-refractivity contribution in [1.29, 1.82) is 0 Å². The van der Waals surface area contributed by atoms with E-state index < -0.39 is 10.0 Å². The summed E-state index contributed by atoms with van der Waals surface area (Å²) in [5.74, 6) is 0.284. The van der Waals surface area contributed by atoms with E-state index in [4.69, 9.17) is 0 Å². The Balaban J connectivity index is 0.00000225. The number of halogens is 1. The molecule has 1 atom stereocenters. The van der Waals surface area contributed by atoms with E-state index in [-0.39, 0.29) is 23.2 Å². The molecule has 1 amide bonds. The van der Waals surface area contributed by atoms with Crippen LogP contribution in [0, 0.1) is 5.92 Å². The van der Waals surface area contributed by atoms with Crippen molar-refractivity contribution >= 4 is 34.0 Å². The summed E-state index contributed by atoms with van der Waals surface area (Å²) in [6.45, 7) is 4.47. The summed E-state index contributed by atoms with van der Waals surface area (Å²) in [4.78, 5) is 13.7. The van der Waals surface area contributed by atoms with Gasteiger partial charge < -0.3 is 10.2 Å². The lowest BCUT2D eigenvalue weighted by atomic mass is 10.0. The lowest BCUT2D eigenvalue weighted by Crippen LogP contribution is -2.38. The summed E-state index contributed by atoms with van der Waals surface area (Å²) in [7, 11) is -3.56. The topological polar surface area (TPSA) is 78.5 Å². The van der Waals surface area contributed by atoms with E-state index in [0.29, 0.717) is 19.0 Å². The Morgan fingerprint density at radius 2 is 2.16 bits per heavy atom. The van der Waals surface area contributed by atoms with E-state index in [1.165, 1.54) is 6.92 Å². The van der Waals surface area contributed by atoms with Gasteiger partial charge in [0.25, 0.3) is 0 Å². The van der Waals surface area contributed by atoms with Crippen LogP contribution in [0.25, 0.3) is 0 Å². The molecule has 0 bridgehead atoms. The van der Waals surface area contributed by atoms with Gasteiger partial charge in [0.05, 0.1) is 4.90 Å². The number of sulfonamides is 1. The van der Waals surface area contributed by atoms with Crippen molar-refractivity contribution in [3.63, 3.8) is 0 Å². The summed E-state index contributed by atoms with van der Waals surface area (Å²) >= 11 is 0. The molecule has 2 N–H and O–H groups in total. The maximum absolute atomic E-state index is 12.6. The second-order valence-corrected chi connectivity index (χ2v) is 8.40. The molecule has 1 aromatic rings. The van der Waals surface area contributed by atoms with Gasteiger partial charge in [-0.25, -0.2) is 13.1 Å². The predicted octanol–water partition coefficient (Wildman–Crippen LogP) is 1.69. The molecular weight excluding hydrogens is 362 g/mol. The van der Waals surface area contributed by atoms with E-state index in [2.05, 4.69) is 10.0 Å². The van der Waals surface area contributed by atoms with Crippen molar-refractivity contribution in [2.24, 2.45) is 5.92 Å². The first-order valence-electron chi connectivity index (χ1n) is 8.59. The number of piperidine rings is 1. The maximum Gasteiger partial charge on any atom is 0.240 e. The Bertz CT molecular complexity index is 718. The predicted molar refractivity (Wildman–Crippen MR) is 101 cm³/mol. The van der Waals surface area contributed by atoms with Crippen LogP contribution in [0.4, 0.5) is 5.69 Å². The number of anilines is 1. The number of nitrogens with one attached hydrogen (secondary N) is 2. The first kappa shape index (κ1) is 20.2. The third-order valence-electron chi connectivity index (χ3n) is 4.83. The van der Waals surface area contributed by atoms with Gasteiger partial charge in [0.2, 0.25) is 15.9 Å². The average molecular weight is 388 g/mol. The zero-order valence-electron chi connectivity index (χ0n) is 14.5. The molecule has 1 saturated heterocycles. The number of hydrogen-bond acceptors (Lipinski definition) is 4. The van der Waals surface area contributed by atoms with Crippen LogP contribution >= 0.6 is 12.4 Å². The summed E-state index contributed by atoms with van der Waals surface area (Å²) < 4.78 is 27.9. The SMILES string of the molecule is CC(=O)N1CCCc2ccc(S(=O)(=O)NCC3CCCNC3)cc21.Cl. The maximum atomic E-state index is 12.6. The number of rotatable bonds is 4. The number of amides is 1. The summed E-state index contributed by atoms with van der Waals surface area (Å²) in [5.41, 5.74) is 1.77. The van der Waals surface area contributed by atoms with Gasteiger partial charge in [0.1, 0.15) is 0 Å². The molecule has 0 radical (unpaired) electrons. The highest BCUT2D eigenvalue weighted by Gasteiger charge is 2.24. The Labute approximate surface area is 155 Å². The molecule has 0 saturated carbocycles. The molecule has 0 aromatic heterocycles. The van der Waals surface area contributed by atoms with Crippen LogP contribution in [0.2, 0.25) is 0 Å². The van der Waals surface area contributed by atoms with Crippen molar-refractivity contribution in [2.45, 2.75) is 37.5 Å². The largest absolute Gasteiger partial charge is 0.316 e. The molecule has 3 rings (SSSR count). The lowest BCUT2D eigenvalue weighted by molar-refractivity contribution is -0.116. The molecule has 1 fully saturated rings. The van der Waals surface area contributed by atoms with Gasteiger partial charge in [-0.2, -0.15) is 0 Å². The second-order valence-electron chi connectivity index (χ2n) is 6.63.